The van der Waals surface area contributed by atoms with E-state index in [4.69, 9.17) is 4.43 Å². The zero-order valence-electron chi connectivity index (χ0n) is 8.92. The van der Waals surface area contributed by atoms with E-state index < -0.39 is 8.32 Å². The summed E-state index contributed by atoms with van der Waals surface area (Å²) in [5.41, 5.74) is 1.43. The molecule has 2 heteroatoms. The van der Waals surface area contributed by atoms with Crippen LogP contribution in [0.25, 0.3) is 0 Å². The van der Waals surface area contributed by atoms with Crippen LogP contribution in [0.2, 0.25) is 13.1 Å². The first-order valence-corrected chi connectivity index (χ1v) is 7.66. The van der Waals surface area contributed by atoms with Gasteiger partial charge in [0, 0.05) is 7.11 Å². The number of hydrogen-bond donors (Lipinski definition) is 0. The van der Waals surface area contributed by atoms with E-state index in [2.05, 4.69) is 44.3 Å². The molecule has 0 bridgehead atoms. The third-order valence-electron chi connectivity index (χ3n) is 2.56. The fourth-order valence-electron chi connectivity index (χ4n) is 1.53. The van der Waals surface area contributed by atoms with Crippen LogP contribution in [0.4, 0.5) is 0 Å². The normalized spacial score (nSPS) is 11.7. The summed E-state index contributed by atoms with van der Waals surface area (Å²) in [5, 5.41) is 1.43. The topological polar surface area (TPSA) is 9.23 Å². The van der Waals surface area contributed by atoms with Crippen LogP contribution in [-0.4, -0.2) is 15.4 Å². The molecule has 0 amide bonds. The third-order valence-corrected chi connectivity index (χ3v) is 5.36. The van der Waals surface area contributed by atoms with Gasteiger partial charge in [-0.2, -0.15) is 0 Å². The lowest BCUT2D eigenvalue weighted by Crippen LogP contribution is -2.45. The van der Waals surface area contributed by atoms with Gasteiger partial charge in [0.25, 0.3) is 0 Å². The van der Waals surface area contributed by atoms with Crippen molar-refractivity contribution >= 4 is 13.5 Å². The van der Waals surface area contributed by atoms with E-state index in [1.54, 1.807) is 0 Å². The molecule has 1 aromatic rings. The molecule has 1 aromatic carbocycles. The molecule has 0 aliphatic carbocycles. The Kier molecular flexibility index (Phi) is 3.28. The Morgan fingerprint density at radius 2 is 1.85 bits per heavy atom. The summed E-state index contributed by atoms with van der Waals surface area (Å²) in [6.07, 6.45) is 1.09. The molecular weight excluding hydrogens is 176 g/mol. The van der Waals surface area contributed by atoms with E-state index in [1.807, 2.05) is 7.11 Å². The van der Waals surface area contributed by atoms with E-state index in [-0.39, 0.29) is 0 Å². The van der Waals surface area contributed by atoms with Crippen LogP contribution < -0.4 is 5.19 Å². The Morgan fingerprint density at radius 1 is 1.23 bits per heavy atom. The predicted molar refractivity (Wildman–Crippen MR) is 59.9 cm³/mol. The summed E-state index contributed by atoms with van der Waals surface area (Å²) in [6, 6.07) is 8.60. The zero-order valence-corrected chi connectivity index (χ0v) is 9.92. The van der Waals surface area contributed by atoms with Crippen molar-refractivity contribution in [1.82, 2.24) is 0 Å². The predicted octanol–water partition coefficient (Wildman–Crippen LogP) is 2.31. The number of aryl methyl sites for hydroxylation is 1. The highest BCUT2D eigenvalue weighted by Crippen LogP contribution is 2.08. The van der Waals surface area contributed by atoms with E-state index in [1.165, 1.54) is 10.8 Å². The molecular formula is C11H18OSi. The smallest absolute Gasteiger partial charge is 0.217 e. The lowest BCUT2D eigenvalue weighted by molar-refractivity contribution is 0.416. The maximum absolute atomic E-state index is 5.61. The van der Waals surface area contributed by atoms with Crippen LogP contribution in [0.3, 0.4) is 0 Å². The largest absolute Gasteiger partial charge is 0.416 e. The van der Waals surface area contributed by atoms with Gasteiger partial charge in [-0.25, -0.2) is 0 Å². The van der Waals surface area contributed by atoms with Gasteiger partial charge in [-0.1, -0.05) is 31.2 Å². The summed E-state index contributed by atoms with van der Waals surface area (Å²) >= 11 is 0. The van der Waals surface area contributed by atoms with Gasteiger partial charge in [-0.05, 0) is 30.3 Å². The van der Waals surface area contributed by atoms with Crippen molar-refractivity contribution in [3.8, 4) is 0 Å². The summed E-state index contributed by atoms with van der Waals surface area (Å²) < 4.78 is 5.61. The minimum Gasteiger partial charge on any atom is -0.416 e. The van der Waals surface area contributed by atoms with Crippen molar-refractivity contribution in [2.45, 2.75) is 26.4 Å². The van der Waals surface area contributed by atoms with Crippen LogP contribution in [0, 0.1) is 0 Å². The van der Waals surface area contributed by atoms with Crippen molar-refractivity contribution in [3.63, 3.8) is 0 Å². The molecule has 0 saturated heterocycles. The average molecular weight is 194 g/mol. The Hall–Kier alpha value is -0.603. The lowest BCUT2D eigenvalue weighted by Gasteiger charge is -2.23. The van der Waals surface area contributed by atoms with Crippen LogP contribution in [0.15, 0.2) is 24.3 Å². The third kappa shape index (κ3) is 2.20. The SMILES string of the molecule is CCc1ccccc1[Si](C)(C)OC. The summed E-state index contributed by atoms with van der Waals surface area (Å²) in [4.78, 5) is 0. The average Bonchev–Trinajstić information content (AvgIpc) is 2.18. The van der Waals surface area contributed by atoms with Gasteiger partial charge in [-0.3, -0.25) is 0 Å². The van der Waals surface area contributed by atoms with Crippen LogP contribution in [0.5, 0.6) is 0 Å². The number of hydrogen-bond acceptors (Lipinski definition) is 1. The molecule has 0 fully saturated rings. The van der Waals surface area contributed by atoms with E-state index in [9.17, 15) is 0 Å². The van der Waals surface area contributed by atoms with Crippen LogP contribution in [-0.2, 0) is 10.8 Å². The summed E-state index contributed by atoms with van der Waals surface area (Å²) in [7, 11) is 0.199. The van der Waals surface area contributed by atoms with Gasteiger partial charge in [0.05, 0.1) is 0 Å². The van der Waals surface area contributed by atoms with Crippen molar-refractivity contribution in [2.24, 2.45) is 0 Å². The van der Waals surface area contributed by atoms with Crippen LogP contribution >= 0.6 is 0 Å². The fourth-order valence-corrected chi connectivity index (χ4v) is 3.28. The molecule has 0 aromatic heterocycles. The maximum Gasteiger partial charge on any atom is 0.217 e. The second kappa shape index (κ2) is 4.07. The van der Waals surface area contributed by atoms with Gasteiger partial charge < -0.3 is 4.43 Å². The summed E-state index contributed by atoms with van der Waals surface area (Å²) in [5.74, 6) is 0. The van der Waals surface area contributed by atoms with E-state index in [0.29, 0.717) is 0 Å². The first-order valence-electron chi connectivity index (χ1n) is 4.75. The first kappa shape index (κ1) is 10.5. The lowest BCUT2D eigenvalue weighted by atomic mass is 10.2. The molecule has 0 aliphatic rings. The van der Waals surface area contributed by atoms with Gasteiger partial charge in [0.2, 0.25) is 8.32 Å². The van der Waals surface area contributed by atoms with Gasteiger partial charge >= 0.3 is 0 Å². The molecule has 0 saturated carbocycles. The Labute approximate surface area is 81.9 Å². The molecule has 0 unspecified atom stereocenters. The molecule has 0 N–H and O–H groups in total. The molecule has 13 heavy (non-hydrogen) atoms. The highest BCUT2D eigenvalue weighted by molar-refractivity contribution is 6.84. The first-order chi connectivity index (χ1) is 6.11. The zero-order chi connectivity index (χ0) is 9.90. The van der Waals surface area contributed by atoms with E-state index >= 15 is 0 Å². The highest BCUT2D eigenvalue weighted by atomic mass is 28.4. The van der Waals surface area contributed by atoms with Crippen molar-refractivity contribution < 1.29 is 4.43 Å². The van der Waals surface area contributed by atoms with Crippen molar-refractivity contribution in [3.05, 3.63) is 29.8 Å². The van der Waals surface area contributed by atoms with Crippen molar-refractivity contribution in [2.75, 3.05) is 7.11 Å². The quantitative estimate of drug-likeness (QED) is 0.671. The second-order valence-corrected chi connectivity index (χ2v) is 7.69. The summed E-state index contributed by atoms with van der Waals surface area (Å²) in [6.45, 7) is 6.67. The molecule has 1 rings (SSSR count). The van der Waals surface area contributed by atoms with Gasteiger partial charge in [0.1, 0.15) is 0 Å². The molecule has 0 radical (unpaired) electrons. The molecule has 0 atom stereocenters. The van der Waals surface area contributed by atoms with Gasteiger partial charge in [0.15, 0.2) is 0 Å². The highest BCUT2D eigenvalue weighted by Gasteiger charge is 2.25. The Balaban J connectivity index is 3.12. The van der Waals surface area contributed by atoms with Gasteiger partial charge in [-0.15, -0.1) is 0 Å². The molecule has 0 heterocycles. The van der Waals surface area contributed by atoms with Crippen LogP contribution in [0.1, 0.15) is 12.5 Å². The minimum atomic E-state index is -1.62. The molecule has 0 aliphatic heterocycles. The standard InChI is InChI=1S/C11H18OSi/c1-5-10-8-6-7-9-11(10)13(3,4)12-2/h6-9H,5H2,1-4H3. The number of benzene rings is 1. The molecule has 72 valence electrons. The maximum atomic E-state index is 5.61. The molecule has 1 nitrogen and oxygen atoms in total. The fraction of sp³-hybridized carbons (Fsp3) is 0.455. The van der Waals surface area contributed by atoms with Crippen molar-refractivity contribution in [1.29, 1.82) is 0 Å². The Bertz CT molecular complexity index is 281. The monoisotopic (exact) mass is 194 g/mol. The minimum absolute atomic E-state index is 1.09. The number of rotatable bonds is 3. The van der Waals surface area contributed by atoms with E-state index in [0.717, 1.165) is 6.42 Å². The molecule has 0 spiro atoms. The second-order valence-electron chi connectivity index (χ2n) is 3.73. The Morgan fingerprint density at radius 3 is 2.38 bits per heavy atom.